The molecule has 9 nitrogen and oxygen atoms in total. The molecule has 0 aliphatic rings. The number of para-hydroxylation sites is 1. The van der Waals surface area contributed by atoms with Gasteiger partial charge in [-0.2, -0.15) is 0 Å². The third-order valence-electron chi connectivity index (χ3n) is 5.34. The third kappa shape index (κ3) is 4.97. The van der Waals surface area contributed by atoms with E-state index in [1.807, 2.05) is 0 Å². The number of fused-ring (bicyclic) bond motifs is 1. The lowest BCUT2D eigenvalue weighted by Crippen LogP contribution is -2.16. The van der Waals surface area contributed by atoms with E-state index in [0.29, 0.717) is 22.3 Å². The summed E-state index contributed by atoms with van der Waals surface area (Å²) in [6.07, 6.45) is 0. The van der Waals surface area contributed by atoms with Gasteiger partial charge in [0.15, 0.2) is 0 Å². The Morgan fingerprint density at radius 3 is 2.49 bits per heavy atom. The van der Waals surface area contributed by atoms with Gasteiger partial charge in [-0.05, 0) is 55.5 Å². The maximum atomic E-state index is 12.9. The third-order valence-corrected chi connectivity index (χ3v) is 6.72. The number of benzene rings is 3. The molecule has 180 valence electrons. The molecular weight excluding hydrogens is 474 g/mol. The molecule has 0 saturated heterocycles. The molecule has 0 amide bonds. The molecule has 1 aromatic heterocycles. The molecule has 35 heavy (non-hydrogen) atoms. The highest BCUT2D eigenvalue weighted by Gasteiger charge is 2.20. The Hall–Kier alpha value is -4.31. The van der Waals surface area contributed by atoms with Crippen LogP contribution >= 0.6 is 0 Å². The fraction of sp³-hybridized carbons (Fsp3) is 0.120. The van der Waals surface area contributed by atoms with E-state index in [1.165, 1.54) is 55.6 Å². The zero-order valence-corrected chi connectivity index (χ0v) is 19.6. The van der Waals surface area contributed by atoms with Crippen molar-refractivity contribution in [1.82, 2.24) is 0 Å². The first kappa shape index (κ1) is 23.8. The van der Waals surface area contributed by atoms with E-state index < -0.39 is 21.6 Å². The first-order chi connectivity index (χ1) is 16.7. The van der Waals surface area contributed by atoms with Crippen LogP contribution in [0.3, 0.4) is 0 Å². The summed E-state index contributed by atoms with van der Waals surface area (Å²) in [5.41, 5.74) is 0.313. The van der Waals surface area contributed by atoms with Crippen molar-refractivity contribution in [3.05, 3.63) is 93.8 Å². The summed E-state index contributed by atoms with van der Waals surface area (Å²) >= 11 is 0. The average Bonchev–Trinajstić information content (AvgIpc) is 2.85. The second-order valence-corrected chi connectivity index (χ2v) is 9.26. The number of esters is 1. The summed E-state index contributed by atoms with van der Waals surface area (Å²) < 4.78 is 43.7. The lowest BCUT2D eigenvalue weighted by Gasteiger charge is -2.13. The van der Waals surface area contributed by atoms with Crippen molar-refractivity contribution in [2.45, 2.75) is 18.4 Å². The first-order valence-electron chi connectivity index (χ1n) is 10.4. The van der Waals surface area contributed by atoms with Gasteiger partial charge >= 0.3 is 11.6 Å². The molecule has 4 rings (SSSR count). The van der Waals surface area contributed by atoms with Crippen LogP contribution in [0.2, 0.25) is 0 Å². The number of hydrogen-bond donors (Lipinski definition) is 2. The van der Waals surface area contributed by atoms with Crippen LogP contribution in [0, 0.1) is 6.92 Å². The van der Waals surface area contributed by atoms with Crippen LogP contribution in [0.1, 0.15) is 21.5 Å². The van der Waals surface area contributed by atoms with Gasteiger partial charge in [0.2, 0.25) is 0 Å². The number of rotatable bonds is 7. The fourth-order valence-corrected chi connectivity index (χ4v) is 4.54. The van der Waals surface area contributed by atoms with Crippen LogP contribution in [0.15, 0.2) is 80.8 Å². The minimum atomic E-state index is -4.00. The Bertz CT molecular complexity index is 1570. The van der Waals surface area contributed by atoms with Crippen molar-refractivity contribution in [2.24, 2.45) is 0 Å². The Morgan fingerprint density at radius 1 is 1.06 bits per heavy atom. The molecule has 0 saturated carbocycles. The number of ether oxygens (including phenoxy) is 2. The van der Waals surface area contributed by atoms with Crippen LogP contribution in [0.25, 0.3) is 11.0 Å². The lowest BCUT2D eigenvalue weighted by molar-refractivity contribution is 0.0475. The maximum Gasteiger partial charge on any atom is 0.340 e. The van der Waals surface area contributed by atoms with Crippen LogP contribution in [-0.2, 0) is 21.4 Å². The Balaban J connectivity index is 1.58. The molecule has 0 aliphatic heterocycles. The fourth-order valence-electron chi connectivity index (χ4n) is 3.46. The van der Waals surface area contributed by atoms with Gasteiger partial charge in [0.25, 0.3) is 10.0 Å². The highest BCUT2D eigenvalue weighted by atomic mass is 32.2. The lowest BCUT2D eigenvalue weighted by atomic mass is 10.1. The molecule has 0 radical (unpaired) electrons. The molecule has 0 unspecified atom stereocenters. The number of aromatic hydroxyl groups is 1. The topological polar surface area (TPSA) is 132 Å². The van der Waals surface area contributed by atoms with Gasteiger partial charge in [0.1, 0.15) is 23.7 Å². The number of carbonyl (C=O) groups is 1. The standard InChI is InChI=1S/C25H21NO8S/c1-15-22(27)12-11-19-16(13-23(28)34-24(15)19)14-33-25(29)20-5-3-4-6-21(20)26-35(30,31)18-9-7-17(32-2)8-10-18/h3-13,26-27H,14H2,1-2H3. The zero-order chi connectivity index (χ0) is 25.2. The van der Waals surface area contributed by atoms with E-state index >= 15 is 0 Å². The summed E-state index contributed by atoms with van der Waals surface area (Å²) in [6, 6.07) is 16.0. The number of hydrogen-bond acceptors (Lipinski definition) is 8. The van der Waals surface area contributed by atoms with Crippen molar-refractivity contribution in [3.63, 3.8) is 0 Å². The zero-order valence-electron chi connectivity index (χ0n) is 18.8. The maximum absolute atomic E-state index is 12.9. The van der Waals surface area contributed by atoms with Crippen molar-refractivity contribution in [3.8, 4) is 11.5 Å². The number of phenolic OH excluding ortho intramolecular Hbond substituents is 1. The van der Waals surface area contributed by atoms with E-state index in [-0.39, 0.29) is 34.1 Å². The van der Waals surface area contributed by atoms with Crippen LogP contribution in [-0.4, -0.2) is 26.6 Å². The number of anilines is 1. The minimum Gasteiger partial charge on any atom is -0.508 e. The van der Waals surface area contributed by atoms with Gasteiger partial charge in [-0.25, -0.2) is 18.0 Å². The average molecular weight is 496 g/mol. The molecule has 0 spiro atoms. The number of aryl methyl sites for hydroxylation is 1. The van der Waals surface area contributed by atoms with Crippen molar-refractivity contribution >= 4 is 32.6 Å². The predicted octanol–water partition coefficient (Wildman–Crippen LogP) is 3.97. The Kier molecular flexibility index (Phi) is 6.48. The largest absolute Gasteiger partial charge is 0.508 e. The number of sulfonamides is 1. The van der Waals surface area contributed by atoms with Crippen LogP contribution < -0.4 is 15.1 Å². The van der Waals surface area contributed by atoms with Gasteiger partial charge in [-0.1, -0.05) is 12.1 Å². The van der Waals surface area contributed by atoms with E-state index in [4.69, 9.17) is 13.9 Å². The molecule has 0 aliphatic carbocycles. The number of phenols is 1. The second kappa shape index (κ2) is 9.51. The second-order valence-electron chi connectivity index (χ2n) is 7.58. The van der Waals surface area contributed by atoms with Crippen molar-refractivity contribution < 1.29 is 32.2 Å². The van der Waals surface area contributed by atoms with E-state index in [9.17, 15) is 23.1 Å². The van der Waals surface area contributed by atoms with Crippen molar-refractivity contribution in [2.75, 3.05) is 11.8 Å². The summed E-state index contributed by atoms with van der Waals surface area (Å²) in [5, 5.41) is 10.4. The number of nitrogens with one attached hydrogen (secondary N) is 1. The molecule has 2 N–H and O–H groups in total. The summed E-state index contributed by atoms with van der Waals surface area (Å²) in [5.74, 6) is -0.330. The SMILES string of the molecule is COc1ccc(S(=O)(=O)Nc2ccccc2C(=O)OCc2cc(=O)oc3c(C)c(O)ccc23)cc1. The Labute approximate surface area is 200 Å². The molecule has 0 fully saturated rings. The summed E-state index contributed by atoms with van der Waals surface area (Å²) in [4.78, 5) is 24.9. The summed E-state index contributed by atoms with van der Waals surface area (Å²) in [6.45, 7) is 1.33. The highest BCUT2D eigenvalue weighted by molar-refractivity contribution is 7.92. The molecule has 3 aromatic carbocycles. The molecule has 0 atom stereocenters. The van der Waals surface area contributed by atoms with Crippen LogP contribution in [0.4, 0.5) is 5.69 Å². The number of methoxy groups -OCH3 is 1. The van der Waals surface area contributed by atoms with Crippen LogP contribution in [0.5, 0.6) is 11.5 Å². The molecule has 0 bridgehead atoms. The molecule has 4 aromatic rings. The van der Waals surface area contributed by atoms with E-state index in [0.717, 1.165) is 0 Å². The van der Waals surface area contributed by atoms with Gasteiger partial charge in [-0.15, -0.1) is 0 Å². The Morgan fingerprint density at radius 2 is 1.77 bits per heavy atom. The van der Waals surface area contributed by atoms with Gasteiger partial charge in [0.05, 0.1) is 23.3 Å². The summed E-state index contributed by atoms with van der Waals surface area (Å²) in [7, 11) is -2.52. The highest BCUT2D eigenvalue weighted by Crippen LogP contribution is 2.28. The normalized spacial score (nSPS) is 11.3. The minimum absolute atomic E-state index is 0.00863. The van der Waals surface area contributed by atoms with Gasteiger partial charge in [0, 0.05) is 22.6 Å². The van der Waals surface area contributed by atoms with Gasteiger partial charge < -0.3 is 19.0 Å². The quantitative estimate of drug-likeness (QED) is 0.291. The smallest absolute Gasteiger partial charge is 0.340 e. The monoisotopic (exact) mass is 495 g/mol. The van der Waals surface area contributed by atoms with E-state index in [2.05, 4.69) is 4.72 Å². The van der Waals surface area contributed by atoms with E-state index in [1.54, 1.807) is 25.1 Å². The molecular formula is C25H21NO8S. The first-order valence-corrected chi connectivity index (χ1v) is 11.9. The number of carbonyl (C=O) groups excluding carboxylic acids is 1. The van der Waals surface area contributed by atoms with Crippen molar-refractivity contribution in [1.29, 1.82) is 0 Å². The van der Waals surface area contributed by atoms with Gasteiger partial charge in [-0.3, -0.25) is 4.72 Å². The molecule has 1 heterocycles. The predicted molar refractivity (Wildman–Crippen MR) is 128 cm³/mol. The molecule has 10 heteroatoms.